The molecule has 0 fully saturated rings. The van der Waals surface area contributed by atoms with E-state index in [9.17, 15) is 13.2 Å². The standard InChI is InChI=1S/C12H14ClN3O3S/c1-7(2)11(12(15)17)16-20(18,19)10-5-8(6-14)3-4-9(10)13/h3-5,7,11,16H,1-2H3,(H2,15,17). The number of carbonyl (C=O) groups excluding carboxylic acids is 1. The van der Waals surface area contributed by atoms with E-state index in [1.165, 1.54) is 12.1 Å². The Bertz CT molecular complexity index is 665. The summed E-state index contributed by atoms with van der Waals surface area (Å²) in [6, 6.07) is 4.62. The molecule has 1 rings (SSSR count). The third-order valence-electron chi connectivity index (χ3n) is 2.61. The van der Waals surface area contributed by atoms with Crippen LogP contribution >= 0.6 is 11.6 Å². The van der Waals surface area contributed by atoms with Gasteiger partial charge in [-0.3, -0.25) is 4.79 Å². The monoisotopic (exact) mass is 315 g/mol. The fourth-order valence-corrected chi connectivity index (χ4v) is 3.41. The number of halogens is 1. The molecule has 0 aliphatic heterocycles. The first-order valence-electron chi connectivity index (χ1n) is 5.70. The number of carbonyl (C=O) groups is 1. The van der Waals surface area contributed by atoms with Crippen LogP contribution in [0.15, 0.2) is 23.1 Å². The van der Waals surface area contributed by atoms with Gasteiger partial charge >= 0.3 is 0 Å². The Morgan fingerprint density at radius 3 is 2.50 bits per heavy atom. The Morgan fingerprint density at radius 1 is 1.45 bits per heavy atom. The smallest absolute Gasteiger partial charge is 0.242 e. The highest BCUT2D eigenvalue weighted by Gasteiger charge is 2.28. The van der Waals surface area contributed by atoms with Crippen molar-refractivity contribution in [2.75, 3.05) is 0 Å². The van der Waals surface area contributed by atoms with E-state index in [0.29, 0.717) is 0 Å². The molecule has 1 aromatic rings. The van der Waals surface area contributed by atoms with Gasteiger partial charge in [-0.15, -0.1) is 0 Å². The number of amides is 1. The summed E-state index contributed by atoms with van der Waals surface area (Å²) < 4.78 is 26.7. The van der Waals surface area contributed by atoms with E-state index in [1.807, 2.05) is 6.07 Å². The molecular formula is C12H14ClN3O3S. The molecule has 3 N–H and O–H groups in total. The van der Waals surface area contributed by atoms with Crippen LogP contribution in [0.4, 0.5) is 0 Å². The number of hydrogen-bond acceptors (Lipinski definition) is 4. The average molecular weight is 316 g/mol. The minimum Gasteiger partial charge on any atom is -0.368 e. The van der Waals surface area contributed by atoms with Crippen molar-refractivity contribution in [2.45, 2.75) is 24.8 Å². The highest BCUT2D eigenvalue weighted by atomic mass is 35.5. The van der Waals surface area contributed by atoms with Crippen LogP contribution in [-0.4, -0.2) is 20.4 Å². The summed E-state index contributed by atoms with van der Waals surface area (Å²) in [6.07, 6.45) is 0. The second-order valence-corrected chi connectivity index (χ2v) is 6.59. The zero-order chi connectivity index (χ0) is 15.5. The highest BCUT2D eigenvalue weighted by molar-refractivity contribution is 7.89. The van der Waals surface area contributed by atoms with Crippen molar-refractivity contribution in [3.63, 3.8) is 0 Å². The number of rotatable bonds is 5. The maximum absolute atomic E-state index is 12.2. The van der Waals surface area contributed by atoms with Gasteiger partial charge in [0.15, 0.2) is 0 Å². The lowest BCUT2D eigenvalue weighted by atomic mass is 10.1. The van der Waals surface area contributed by atoms with Gasteiger partial charge in [-0.05, 0) is 24.1 Å². The molecule has 0 bridgehead atoms. The first-order valence-corrected chi connectivity index (χ1v) is 7.56. The second kappa shape index (κ2) is 6.22. The third kappa shape index (κ3) is 3.70. The molecule has 0 spiro atoms. The minimum absolute atomic E-state index is 0.0384. The summed E-state index contributed by atoms with van der Waals surface area (Å²) in [5, 5.41) is 8.76. The largest absolute Gasteiger partial charge is 0.368 e. The molecule has 0 aliphatic carbocycles. The van der Waals surface area contributed by atoms with Crippen molar-refractivity contribution < 1.29 is 13.2 Å². The molecule has 108 valence electrons. The number of benzene rings is 1. The van der Waals surface area contributed by atoms with Gasteiger partial charge in [0.1, 0.15) is 10.9 Å². The number of sulfonamides is 1. The molecule has 0 aliphatic rings. The topological polar surface area (TPSA) is 113 Å². The molecule has 0 heterocycles. The normalized spacial score (nSPS) is 12.9. The zero-order valence-corrected chi connectivity index (χ0v) is 12.5. The third-order valence-corrected chi connectivity index (χ3v) is 4.53. The van der Waals surface area contributed by atoms with Crippen LogP contribution in [0.5, 0.6) is 0 Å². The molecule has 6 nitrogen and oxygen atoms in total. The Balaban J connectivity index is 3.24. The maximum atomic E-state index is 12.2. The van der Waals surface area contributed by atoms with Gasteiger partial charge in [0.25, 0.3) is 0 Å². The SMILES string of the molecule is CC(C)C(NS(=O)(=O)c1cc(C#N)ccc1Cl)C(N)=O. The number of nitriles is 1. The molecule has 8 heteroatoms. The first kappa shape index (κ1) is 16.4. The number of nitrogens with one attached hydrogen (secondary N) is 1. The summed E-state index contributed by atoms with van der Waals surface area (Å²) in [6.45, 7) is 3.32. The van der Waals surface area contributed by atoms with Gasteiger partial charge in [-0.2, -0.15) is 9.98 Å². The second-order valence-electron chi connectivity index (χ2n) is 4.50. The van der Waals surface area contributed by atoms with Crippen LogP contribution in [0.1, 0.15) is 19.4 Å². The van der Waals surface area contributed by atoms with Gasteiger partial charge in [0.05, 0.1) is 16.7 Å². The molecule has 1 amide bonds. The lowest BCUT2D eigenvalue weighted by Crippen LogP contribution is -2.47. The van der Waals surface area contributed by atoms with Crippen LogP contribution < -0.4 is 10.5 Å². The van der Waals surface area contributed by atoms with Gasteiger partial charge in [-0.25, -0.2) is 8.42 Å². The molecule has 0 saturated heterocycles. The summed E-state index contributed by atoms with van der Waals surface area (Å²) in [5.41, 5.74) is 5.31. The predicted octanol–water partition coefficient (Wildman–Crippen LogP) is 1.000. The minimum atomic E-state index is -4.05. The van der Waals surface area contributed by atoms with E-state index < -0.39 is 22.0 Å². The van der Waals surface area contributed by atoms with E-state index >= 15 is 0 Å². The Labute approximate surface area is 122 Å². The predicted molar refractivity (Wildman–Crippen MR) is 74.3 cm³/mol. The first-order chi connectivity index (χ1) is 9.19. The van der Waals surface area contributed by atoms with Crippen LogP contribution in [0, 0.1) is 17.2 Å². The van der Waals surface area contributed by atoms with Gasteiger partial charge < -0.3 is 5.73 Å². The molecule has 0 saturated carbocycles. The van der Waals surface area contributed by atoms with E-state index in [4.69, 9.17) is 22.6 Å². The lowest BCUT2D eigenvalue weighted by molar-refractivity contribution is -0.120. The fourth-order valence-electron chi connectivity index (χ4n) is 1.53. The van der Waals surface area contributed by atoms with Crippen LogP contribution in [0.3, 0.4) is 0 Å². The summed E-state index contributed by atoms with van der Waals surface area (Å²) in [4.78, 5) is 11.0. The van der Waals surface area contributed by atoms with Crippen LogP contribution in [0.2, 0.25) is 5.02 Å². The molecule has 0 radical (unpaired) electrons. The van der Waals surface area contributed by atoms with Gasteiger partial charge in [0, 0.05) is 0 Å². The Morgan fingerprint density at radius 2 is 2.05 bits per heavy atom. The number of primary amides is 1. The van der Waals surface area contributed by atoms with Gasteiger partial charge in [-0.1, -0.05) is 25.4 Å². The Kier molecular flexibility index (Phi) is 5.11. The summed E-state index contributed by atoms with van der Waals surface area (Å²) in [7, 11) is -4.05. The van der Waals surface area contributed by atoms with Crippen LogP contribution in [-0.2, 0) is 14.8 Å². The van der Waals surface area contributed by atoms with Gasteiger partial charge in [0.2, 0.25) is 15.9 Å². The summed E-state index contributed by atoms with van der Waals surface area (Å²) >= 11 is 5.84. The molecule has 20 heavy (non-hydrogen) atoms. The van der Waals surface area contributed by atoms with E-state index in [-0.39, 0.29) is 21.4 Å². The number of hydrogen-bond donors (Lipinski definition) is 2. The average Bonchev–Trinajstić information content (AvgIpc) is 2.35. The van der Waals surface area contributed by atoms with Crippen molar-refractivity contribution in [1.29, 1.82) is 5.26 Å². The number of nitrogens with zero attached hydrogens (tertiary/aromatic N) is 1. The Hall–Kier alpha value is -1.62. The maximum Gasteiger partial charge on any atom is 0.242 e. The number of nitrogens with two attached hydrogens (primary N) is 1. The molecule has 1 atom stereocenters. The lowest BCUT2D eigenvalue weighted by Gasteiger charge is -2.19. The molecule has 1 aromatic carbocycles. The molecular weight excluding hydrogens is 302 g/mol. The molecule has 0 aromatic heterocycles. The zero-order valence-electron chi connectivity index (χ0n) is 10.9. The summed E-state index contributed by atoms with van der Waals surface area (Å²) in [5.74, 6) is -1.10. The quantitative estimate of drug-likeness (QED) is 0.843. The van der Waals surface area contributed by atoms with Crippen molar-refractivity contribution in [2.24, 2.45) is 11.7 Å². The van der Waals surface area contributed by atoms with Crippen molar-refractivity contribution in [3.8, 4) is 6.07 Å². The molecule has 1 unspecified atom stereocenters. The van der Waals surface area contributed by atoms with Crippen LogP contribution in [0.25, 0.3) is 0 Å². The van der Waals surface area contributed by atoms with Crippen molar-refractivity contribution >= 4 is 27.5 Å². The van der Waals surface area contributed by atoms with Crippen molar-refractivity contribution in [3.05, 3.63) is 28.8 Å². The van der Waals surface area contributed by atoms with E-state index in [1.54, 1.807) is 13.8 Å². The van der Waals surface area contributed by atoms with Crippen molar-refractivity contribution in [1.82, 2.24) is 4.72 Å². The van der Waals surface area contributed by atoms with E-state index in [2.05, 4.69) is 4.72 Å². The highest BCUT2D eigenvalue weighted by Crippen LogP contribution is 2.23. The fraction of sp³-hybridized carbons (Fsp3) is 0.333. The van der Waals surface area contributed by atoms with E-state index in [0.717, 1.165) is 6.07 Å².